The lowest BCUT2D eigenvalue weighted by atomic mass is 9.96. The minimum absolute atomic E-state index is 0.344. The summed E-state index contributed by atoms with van der Waals surface area (Å²) in [6.45, 7) is 1.53. The number of aryl methyl sites for hydroxylation is 1. The second-order valence-corrected chi connectivity index (χ2v) is 5.96. The maximum absolute atomic E-state index is 12.6. The van der Waals surface area contributed by atoms with Crippen molar-refractivity contribution in [1.29, 1.82) is 0 Å². The van der Waals surface area contributed by atoms with Crippen LogP contribution in [0.5, 0.6) is 0 Å². The molecule has 2 aromatic rings. The van der Waals surface area contributed by atoms with Gasteiger partial charge in [-0.05, 0) is 42.3 Å². The van der Waals surface area contributed by atoms with Crippen molar-refractivity contribution in [2.75, 3.05) is 0 Å². The predicted octanol–water partition coefficient (Wildman–Crippen LogP) is 5.51. The van der Waals surface area contributed by atoms with Crippen LogP contribution in [0.1, 0.15) is 28.4 Å². The Morgan fingerprint density at radius 1 is 1.10 bits per heavy atom. The standard InChI is InChI=1S/C15H11BrClF3O/c1-8-6-9(15(18,19)20)2-4-11(8)14(21)12-5-3-10(16)7-13(12)17/h2-7,14,21H,1H3. The molecule has 6 heteroatoms. The molecule has 2 rings (SSSR count). The van der Waals surface area contributed by atoms with Crippen molar-refractivity contribution in [2.24, 2.45) is 0 Å². The van der Waals surface area contributed by atoms with Crippen LogP contribution >= 0.6 is 27.5 Å². The first kappa shape index (κ1) is 16.3. The molecule has 21 heavy (non-hydrogen) atoms. The highest BCUT2D eigenvalue weighted by Crippen LogP contribution is 2.35. The molecular formula is C15H11BrClF3O. The van der Waals surface area contributed by atoms with Crippen LogP contribution in [0, 0.1) is 6.92 Å². The maximum Gasteiger partial charge on any atom is 0.416 e. The molecule has 0 spiro atoms. The van der Waals surface area contributed by atoms with Crippen molar-refractivity contribution < 1.29 is 18.3 Å². The van der Waals surface area contributed by atoms with Gasteiger partial charge < -0.3 is 5.11 Å². The van der Waals surface area contributed by atoms with E-state index in [4.69, 9.17) is 11.6 Å². The molecule has 1 nitrogen and oxygen atoms in total. The molecular weight excluding hydrogens is 369 g/mol. The first-order chi connectivity index (χ1) is 9.70. The molecule has 112 valence electrons. The van der Waals surface area contributed by atoms with E-state index in [-0.39, 0.29) is 0 Å². The summed E-state index contributed by atoms with van der Waals surface area (Å²) in [5.74, 6) is 0. The molecule has 0 aliphatic carbocycles. The van der Waals surface area contributed by atoms with Crippen LogP contribution in [0.4, 0.5) is 13.2 Å². The molecule has 0 fully saturated rings. The molecule has 0 aliphatic heterocycles. The second kappa shape index (κ2) is 5.99. The summed E-state index contributed by atoms with van der Waals surface area (Å²) in [5.41, 5.74) is 0.462. The molecule has 0 amide bonds. The Labute approximate surface area is 133 Å². The normalized spacial score (nSPS) is 13.3. The predicted molar refractivity (Wildman–Crippen MR) is 79.4 cm³/mol. The first-order valence-corrected chi connectivity index (χ1v) is 7.18. The third-order valence-corrected chi connectivity index (χ3v) is 3.97. The zero-order valence-electron chi connectivity index (χ0n) is 10.9. The molecule has 0 heterocycles. The zero-order valence-corrected chi connectivity index (χ0v) is 13.2. The van der Waals surface area contributed by atoms with Gasteiger partial charge in [0.2, 0.25) is 0 Å². The van der Waals surface area contributed by atoms with Crippen molar-refractivity contribution in [3.05, 3.63) is 68.1 Å². The number of hydrogen-bond acceptors (Lipinski definition) is 1. The Kier molecular flexibility index (Phi) is 4.66. The Hall–Kier alpha value is -1.04. The number of benzene rings is 2. The van der Waals surface area contributed by atoms with E-state index in [1.165, 1.54) is 13.0 Å². The summed E-state index contributed by atoms with van der Waals surface area (Å²) in [5, 5.41) is 10.7. The van der Waals surface area contributed by atoms with Gasteiger partial charge in [0.25, 0.3) is 0 Å². The maximum atomic E-state index is 12.6. The third kappa shape index (κ3) is 3.59. The van der Waals surface area contributed by atoms with Crippen molar-refractivity contribution in [3.63, 3.8) is 0 Å². The van der Waals surface area contributed by atoms with E-state index in [9.17, 15) is 18.3 Å². The minimum atomic E-state index is -4.40. The number of alkyl halides is 3. The van der Waals surface area contributed by atoms with Gasteiger partial charge >= 0.3 is 6.18 Å². The van der Waals surface area contributed by atoms with E-state index in [1.54, 1.807) is 18.2 Å². The van der Waals surface area contributed by atoms with E-state index in [0.29, 0.717) is 21.7 Å². The quantitative estimate of drug-likeness (QED) is 0.729. The average Bonchev–Trinajstić information content (AvgIpc) is 2.36. The number of halogens is 5. The Balaban J connectivity index is 2.42. The van der Waals surface area contributed by atoms with E-state index < -0.39 is 17.8 Å². The SMILES string of the molecule is Cc1cc(C(F)(F)F)ccc1C(O)c1ccc(Br)cc1Cl. The fourth-order valence-corrected chi connectivity index (χ4v) is 2.83. The van der Waals surface area contributed by atoms with Gasteiger partial charge in [0.05, 0.1) is 5.56 Å². The van der Waals surface area contributed by atoms with E-state index in [1.807, 2.05) is 0 Å². The molecule has 1 atom stereocenters. The second-order valence-electron chi connectivity index (χ2n) is 4.64. The zero-order chi connectivity index (χ0) is 15.8. The Morgan fingerprint density at radius 3 is 2.24 bits per heavy atom. The summed E-state index contributed by atoms with van der Waals surface area (Å²) >= 11 is 9.32. The molecule has 0 saturated carbocycles. The minimum Gasteiger partial charge on any atom is -0.384 e. The van der Waals surface area contributed by atoms with Crippen molar-refractivity contribution in [1.82, 2.24) is 0 Å². The Bertz CT molecular complexity index is 670. The van der Waals surface area contributed by atoms with Gasteiger partial charge in [-0.2, -0.15) is 13.2 Å². The lowest BCUT2D eigenvalue weighted by molar-refractivity contribution is -0.137. The summed E-state index contributed by atoms with van der Waals surface area (Å²) in [4.78, 5) is 0. The van der Waals surface area contributed by atoms with Crippen LogP contribution in [0.15, 0.2) is 40.9 Å². The van der Waals surface area contributed by atoms with Gasteiger partial charge in [-0.25, -0.2) is 0 Å². The van der Waals surface area contributed by atoms with Gasteiger partial charge in [0.15, 0.2) is 0 Å². The van der Waals surface area contributed by atoms with Gasteiger partial charge in [0, 0.05) is 15.1 Å². The summed E-state index contributed by atoms with van der Waals surface area (Å²) < 4.78 is 38.7. The van der Waals surface area contributed by atoms with Crippen molar-refractivity contribution in [3.8, 4) is 0 Å². The van der Waals surface area contributed by atoms with Gasteiger partial charge in [-0.1, -0.05) is 39.7 Å². The lowest BCUT2D eigenvalue weighted by Gasteiger charge is -2.17. The highest BCUT2D eigenvalue weighted by Gasteiger charge is 2.31. The van der Waals surface area contributed by atoms with Crippen LogP contribution in [-0.2, 0) is 6.18 Å². The summed E-state index contributed by atoms with van der Waals surface area (Å²) in [6.07, 6.45) is -5.48. The smallest absolute Gasteiger partial charge is 0.384 e. The molecule has 0 radical (unpaired) electrons. The summed E-state index contributed by atoms with van der Waals surface area (Å²) in [6, 6.07) is 8.22. The first-order valence-electron chi connectivity index (χ1n) is 6.01. The van der Waals surface area contributed by atoms with Crippen molar-refractivity contribution in [2.45, 2.75) is 19.2 Å². The van der Waals surface area contributed by atoms with Gasteiger partial charge in [-0.15, -0.1) is 0 Å². The molecule has 1 N–H and O–H groups in total. The van der Waals surface area contributed by atoms with Crippen molar-refractivity contribution >= 4 is 27.5 Å². The number of aliphatic hydroxyl groups excluding tert-OH is 1. The molecule has 0 bridgehead atoms. The van der Waals surface area contributed by atoms with E-state index in [0.717, 1.165) is 16.6 Å². The van der Waals surface area contributed by atoms with Crippen LogP contribution in [0.3, 0.4) is 0 Å². The lowest BCUT2D eigenvalue weighted by Crippen LogP contribution is -2.08. The van der Waals surface area contributed by atoms with Gasteiger partial charge in [-0.3, -0.25) is 0 Å². The van der Waals surface area contributed by atoms with Crippen LogP contribution in [0.25, 0.3) is 0 Å². The fraction of sp³-hybridized carbons (Fsp3) is 0.200. The largest absolute Gasteiger partial charge is 0.416 e. The molecule has 1 unspecified atom stereocenters. The van der Waals surface area contributed by atoms with Gasteiger partial charge in [0.1, 0.15) is 6.10 Å². The fourth-order valence-electron chi connectivity index (χ4n) is 2.05. The Morgan fingerprint density at radius 2 is 1.71 bits per heavy atom. The molecule has 0 aliphatic rings. The monoisotopic (exact) mass is 378 g/mol. The highest BCUT2D eigenvalue weighted by molar-refractivity contribution is 9.10. The molecule has 2 aromatic carbocycles. The molecule has 0 saturated heterocycles. The van der Waals surface area contributed by atoms with Crippen LogP contribution in [-0.4, -0.2) is 5.11 Å². The average molecular weight is 380 g/mol. The third-order valence-electron chi connectivity index (χ3n) is 3.15. The number of aliphatic hydroxyl groups is 1. The highest BCUT2D eigenvalue weighted by atomic mass is 79.9. The van der Waals surface area contributed by atoms with E-state index in [2.05, 4.69) is 15.9 Å². The van der Waals surface area contributed by atoms with Crippen LogP contribution in [0.2, 0.25) is 5.02 Å². The molecule has 0 aromatic heterocycles. The van der Waals surface area contributed by atoms with E-state index >= 15 is 0 Å². The number of rotatable bonds is 2. The number of hydrogen-bond donors (Lipinski definition) is 1. The van der Waals surface area contributed by atoms with Crippen LogP contribution < -0.4 is 0 Å². The summed E-state index contributed by atoms with van der Waals surface area (Å²) in [7, 11) is 0. The topological polar surface area (TPSA) is 20.2 Å².